The second kappa shape index (κ2) is 7.35. The zero-order valence-electron chi connectivity index (χ0n) is 14.5. The maximum atomic E-state index is 13.0. The summed E-state index contributed by atoms with van der Waals surface area (Å²) in [4.78, 5) is 14.8. The molecule has 0 spiro atoms. The summed E-state index contributed by atoms with van der Waals surface area (Å²) in [6, 6.07) is 13.5. The van der Waals surface area contributed by atoms with Gasteiger partial charge < -0.3 is 15.1 Å². The SMILES string of the molecule is Cc1ccc(-c2nn(-c3ccccc3)cc2C(=O)N2CC[C@@H](N)C2)o1.Cl. The van der Waals surface area contributed by atoms with Gasteiger partial charge in [0.2, 0.25) is 0 Å². The van der Waals surface area contributed by atoms with Gasteiger partial charge in [-0.25, -0.2) is 4.68 Å². The highest BCUT2D eigenvalue weighted by Gasteiger charge is 2.29. The lowest BCUT2D eigenvalue weighted by Gasteiger charge is -2.15. The van der Waals surface area contributed by atoms with Crippen LogP contribution >= 0.6 is 12.4 Å². The normalized spacial score (nSPS) is 16.5. The monoisotopic (exact) mass is 372 g/mol. The molecule has 1 saturated heterocycles. The minimum atomic E-state index is -0.0563. The van der Waals surface area contributed by atoms with Crippen LogP contribution in [-0.4, -0.2) is 39.7 Å². The minimum Gasteiger partial charge on any atom is -0.460 e. The van der Waals surface area contributed by atoms with Crippen LogP contribution in [0.3, 0.4) is 0 Å². The van der Waals surface area contributed by atoms with E-state index in [4.69, 9.17) is 10.2 Å². The highest BCUT2D eigenvalue weighted by molar-refractivity contribution is 5.99. The van der Waals surface area contributed by atoms with E-state index in [1.54, 1.807) is 15.8 Å². The highest BCUT2D eigenvalue weighted by Crippen LogP contribution is 2.27. The number of hydrogen-bond acceptors (Lipinski definition) is 4. The molecule has 0 aliphatic carbocycles. The first-order valence-electron chi connectivity index (χ1n) is 8.38. The molecule has 1 fully saturated rings. The third kappa shape index (κ3) is 3.38. The van der Waals surface area contributed by atoms with E-state index in [2.05, 4.69) is 5.10 Å². The van der Waals surface area contributed by atoms with E-state index in [1.807, 2.05) is 49.4 Å². The Morgan fingerprint density at radius 2 is 2.00 bits per heavy atom. The van der Waals surface area contributed by atoms with Gasteiger partial charge in [-0.1, -0.05) is 18.2 Å². The fraction of sp³-hybridized carbons (Fsp3) is 0.263. The fourth-order valence-corrected chi connectivity index (χ4v) is 3.13. The van der Waals surface area contributed by atoms with Crippen molar-refractivity contribution in [2.75, 3.05) is 13.1 Å². The van der Waals surface area contributed by atoms with Crippen LogP contribution in [0, 0.1) is 6.92 Å². The standard InChI is InChI=1S/C19H20N4O2.ClH/c1-13-7-8-17(25-13)18-16(19(24)22-10-9-14(20)11-22)12-23(21-18)15-5-3-2-4-6-15;/h2-8,12,14H,9-11,20H2,1H3;1H/t14-;/m1./s1. The van der Waals surface area contributed by atoms with Gasteiger partial charge in [-0.15, -0.1) is 12.4 Å². The molecule has 1 amide bonds. The molecule has 0 saturated carbocycles. The summed E-state index contributed by atoms with van der Waals surface area (Å²) >= 11 is 0. The number of para-hydroxylation sites is 1. The third-order valence-corrected chi connectivity index (χ3v) is 4.45. The van der Waals surface area contributed by atoms with Crippen molar-refractivity contribution in [1.82, 2.24) is 14.7 Å². The number of halogens is 1. The highest BCUT2D eigenvalue weighted by atomic mass is 35.5. The number of nitrogens with zero attached hydrogens (tertiary/aromatic N) is 3. The van der Waals surface area contributed by atoms with E-state index in [1.165, 1.54) is 0 Å². The van der Waals surface area contributed by atoms with E-state index in [-0.39, 0.29) is 24.4 Å². The number of amides is 1. The Morgan fingerprint density at radius 1 is 1.23 bits per heavy atom. The summed E-state index contributed by atoms with van der Waals surface area (Å²) in [6.07, 6.45) is 2.60. The molecule has 0 radical (unpaired) electrons. The van der Waals surface area contributed by atoms with Gasteiger partial charge in [0.1, 0.15) is 11.5 Å². The van der Waals surface area contributed by atoms with Crippen molar-refractivity contribution in [2.24, 2.45) is 5.73 Å². The van der Waals surface area contributed by atoms with Crippen LogP contribution < -0.4 is 5.73 Å². The summed E-state index contributed by atoms with van der Waals surface area (Å²) < 4.78 is 7.44. The number of aryl methyl sites for hydroxylation is 1. The van der Waals surface area contributed by atoms with Gasteiger partial charge in [-0.3, -0.25) is 4.79 Å². The van der Waals surface area contributed by atoms with Crippen LogP contribution in [-0.2, 0) is 0 Å². The number of benzene rings is 1. The Hall–Kier alpha value is -2.57. The van der Waals surface area contributed by atoms with Crippen LogP contribution in [0.2, 0.25) is 0 Å². The number of likely N-dealkylation sites (tertiary alicyclic amines) is 1. The lowest BCUT2D eigenvalue weighted by Crippen LogP contribution is -2.32. The Labute approximate surface area is 158 Å². The van der Waals surface area contributed by atoms with E-state index < -0.39 is 0 Å². The Balaban J connectivity index is 0.00000196. The first-order chi connectivity index (χ1) is 12.1. The predicted octanol–water partition coefficient (Wildman–Crippen LogP) is 3.04. The van der Waals surface area contributed by atoms with Gasteiger partial charge in [0.25, 0.3) is 5.91 Å². The van der Waals surface area contributed by atoms with Gasteiger partial charge >= 0.3 is 0 Å². The molecular formula is C19H21ClN4O2. The molecule has 3 aromatic rings. The van der Waals surface area contributed by atoms with Crippen LogP contribution in [0.4, 0.5) is 0 Å². The summed E-state index contributed by atoms with van der Waals surface area (Å²) in [5.74, 6) is 1.32. The molecule has 0 bridgehead atoms. The fourth-order valence-electron chi connectivity index (χ4n) is 3.13. The largest absolute Gasteiger partial charge is 0.460 e. The zero-order valence-corrected chi connectivity index (χ0v) is 15.3. The van der Waals surface area contributed by atoms with Crippen molar-refractivity contribution in [2.45, 2.75) is 19.4 Å². The van der Waals surface area contributed by atoms with Crippen LogP contribution in [0.15, 0.2) is 53.1 Å². The summed E-state index contributed by atoms with van der Waals surface area (Å²) in [5, 5.41) is 4.62. The number of carbonyl (C=O) groups excluding carboxylic acids is 1. The van der Waals surface area contributed by atoms with Gasteiger partial charge in [0.05, 0.1) is 11.3 Å². The van der Waals surface area contributed by atoms with Crippen molar-refractivity contribution in [3.05, 3.63) is 60.0 Å². The van der Waals surface area contributed by atoms with Gasteiger partial charge in [-0.05, 0) is 37.6 Å². The Morgan fingerprint density at radius 3 is 2.62 bits per heavy atom. The van der Waals surface area contributed by atoms with Crippen LogP contribution in [0.25, 0.3) is 17.1 Å². The average molecular weight is 373 g/mol. The molecular weight excluding hydrogens is 352 g/mol. The molecule has 1 aliphatic heterocycles. The number of furan rings is 1. The second-order valence-electron chi connectivity index (χ2n) is 6.38. The number of hydrogen-bond donors (Lipinski definition) is 1. The zero-order chi connectivity index (χ0) is 17.4. The summed E-state index contributed by atoms with van der Waals surface area (Å²) in [7, 11) is 0. The molecule has 26 heavy (non-hydrogen) atoms. The Bertz CT molecular complexity index is 903. The molecule has 6 nitrogen and oxygen atoms in total. The van der Waals surface area contributed by atoms with Crippen molar-refractivity contribution in [1.29, 1.82) is 0 Å². The minimum absolute atomic E-state index is 0. The van der Waals surface area contributed by atoms with Gasteiger partial charge in [0, 0.05) is 25.3 Å². The smallest absolute Gasteiger partial charge is 0.257 e. The molecule has 1 aliphatic rings. The van der Waals surface area contributed by atoms with Crippen molar-refractivity contribution < 1.29 is 9.21 Å². The van der Waals surface area contributed by atoms with Crippen LogP contribution in [0.1, 0.15) is 22.5 Å². The molecule has 136 valence electrons. The number of rotatable bonds is 3. The summed E-state index contributed by atoms with van der Waals surface area (Å²) in [5.41, 5.74) is 7.94. The van der Waals surface area contributed by atoms with E-state index in [0.29, 0.717) is 30.1 Å². The molecule has 1 atom stereocenters. The maximum Gasteiger partial charge on any atom is 0.257 e. The Kier molecular flexibility index (Phi) is 5.15. The lowest BCUT2D eigenvalue weighted by molar-refractivity contribution is 0.0791. The number of aromatic nitrogens is 2. The average Bonchev–Trinajstić information content (AvgIpc) is 3.34. The lowest BCUT2D eigenvalue weighted by atomic mass is 10.2. The van der Waals surface area contributed by atoms with Gasteiger partial charge in [-0.2, -0.15) is 5.10 Å². The molecule has 1 aromatic carbocycles. The van der Waals surface area contributed by atoms with E-state index in [9.17, 15) is 4.79 Å². The molecule has 2 N–H and O–H groups in total. The molecule has 4 rings (SSSR count). The second-order valence-corrected chi connectivity index (χ2v) is 6.38. The van der Waals surface area contributed by atoms with Crippen LogP contribution in [0.5, 0.6) is 0 Å². The molecule has 0 unspecified atom stereocenters. The van der Waals surface area contributed by atoms with Crippen molar-refractivity contribution in [3.8, 4) is 17.1 Å². The third-order valence-electron chi connectivity index (χ3n) is 4.45. The van der Waals surface area contributed by atoms with Gasteiger partial charge in [0.15, 0.2) is 5.76 Å². The van der Waals surface area contributed by atoms with Crippen molar-refractivity contribution >= 4 is 18.3 Å². The molecule has 3 heterocycles. The van der Waals surface area contributed by atoms with Crippen molar-refractivity contribution in [3.63, 3.8) is 0 Å². The molecule has 2 aromatic heterocycles. The number of nitrogens with two attached hydrogens (primary N) is 1. The first-order valence-corrected chi connectivity index (χ1v) is 8.38. The summed E-state index contributed by atoms with van der Waals surface area (Å²) in [6.45, 7) is 3.12. The first kappa shape index (κ1) is 18.2. The predicted molar refractivity (Wildman–Crippen MR) is 102 cm³/mol. The van der Waals surface area contributed by atoms with E-state index >= 15 is 0 Å². The number of carbonyl (C=O) groups is 1. The quantitative estimate of drug-likeness (QED) is 0.766. The topological polar surface area (TPSA) is 77.3 Å². The molecule has 7 heteroatoms. The maximum absolute atomic E-state index is 13.0. The van der Waals surface area contributed by atoms with E-state index in [0.717, 1.165) is 17.9 Å².